The molecule has 0 saturated heterocycles. The van der Waals surface area contributed by atoms with Crippen LogP contribution in [0.5, 0.6) is 0 Å². The summed E-state index contributed by atoms with van der Waals surface area (Å²) >= 11 is 0. The van der Waals surface area contributed by atoms with E-state index in [0.29, 0.717) is 0 Å². The molecular formula is C48H20. The van der Waals surface area contributed by atoms with Gasteiger partial charge in [0.1, 0.15) is 0 Å². The van der Waals surface area contributed by atoms with E-state index >= 15 is 0 Å². The third-order valence-corrected chi connectivity index (χ3v) is 12.8. The molecule has 48 heavy (non-hydrogen) atoms. The van der Waals surface area contributed by atoms with Crippen LogP contribution in [0, 0.1) is 0 Å². The second-order valence-corrected chi connectivity index (χ2v) is 14.6. The maximum Gasteiger partial charge on any atom is -0.0000922 e. The van der Waals surface area contributed by atoms with Crippen molar-refractivity contribution >= 4 is 151 Å². The van der Waals surface area contributed by atoms with E-state index in [1.807, 2.05) is 0 Å². The zero-order valence-corrected chi connectivity index (χ0v) is 25.5. The minimum Gasteiger partial charge on any atom is -0.0610 e. The van der Waals surface area contributed by atoms with Gasteiger partial charge in [0, 0.05) is 0 Å². The normalized spacial score (nSPS) is 13.8. The van der Waals surface area contributed by atoms with Crippen molar-refractivity contribution in [2.24, 2.45) is 0 Å². The van der Waals surface area contributed by atoms with Crippen molar-refractivity contribution in [1.82, 2.24) is 0 Å². The highest BCUT2D eigenvalue weighted by atomic mass is 14.3. The van der Waals surface area contributed by atoms with E-state index in [0.717, 1.165) is 0 Å². The number of hydrogen-bond donors (Lipinski definition) is 0. The molecule has 0 N–H and O–H groups in total. The average molecular weight is 597 g/mol. The zero-order valence-electron chi connectivity index (χ0n) is 25.5. The van der Waals surface area contributed by atoms with Gasteiger partial charge < -0.3 is 0 Å². The number of benzene rings is 15. The Hall–Kier alpha value is -6.24. The van der Waals surface area contributed by atoms with E-state index in [1.54, 1.807) is 0 Å². The molecule has 0 atom stereocenters. The molecule has 0 bridgehead atoms. The molecule has 0 unspecified atom stereocenters. The standard InChI is InChI=1S/C48H20/c1-3-21-7-9-23-13-15-29-31-17-18-32-30-16-14-24-10-8-22-4-2-6-28-34-20-26-12-11-25-19-33-27(5-1)35(21)37(23)41(29)45(33)47-39(25)40(26)48(44(32)43(31)47)46(34)42(30)38(24)36(22)28/h1-20H. The second kappa shape index (κ2) is 6.74. The Morgan fingerprint density at radius 1 is 0.167 bits per heavy atom. The fraction of sp³-hybridized carbons (Fsp3) is 0. The molecule has 0 aliphatic rings. The van der Waals surface area contributed by atoms with Gasteiger partial charge in [-0.3, -0.25) is 0 Å². The van der Waals surface area contributed by atoms with Gasteiger partial charge in [-0.15, -0.1) is 0 Å². The molecule has 0 amide bonds. The van der Waals surface area contributed by atoms with E-state index in [4.69, 9.17) is 0 Å². The summed E-state index contributed by atoms with van der Waals surface area (Å²) in [6.45, 7) is 0. The van der Waals surface area contributed by atoms with Crippen molar-refractivity contribution in [3.63, 3.8) is 0 Å². The lowest BCUT2D eigenvalue weighted by atomic mass is 9.75. The minimum atomic E-state index is 1.33. The molecule has 0 nitrogen and oxygen atoms in total. The van der Waals surface area contributed by atoms with E-state index in [2.05, 4.69) is 121 Å². The molecule has 0 saturated carbocycles. The van der Waals surface area contributed by atoms with Gasteiger partial charge in [-0.1, -0.05) is 109 Å². The largest absolute Gasteiger partial charge is 0.0610 e. The summed E-state index contributed by atoms with van der Waals surface area (Å²) in [7, 11) is 0. The summed E-state index contributed by atoms with van der Waals surface area (Å²) in [5, 5.41) is 39.2. The highest BCUT2D eigenvalue weighted by Crippen LogP contribution is 2.58. The van der Waals surface area contributed by atoms with Crippen molar-refractivity contribution in [3.8, 4) is 0 Å². The molecule has 15 aromatic carbocycles. The van der Waals surface area contributed by atoms with Gasteiger partial charge in [0.05, 0.1) is 0 Å². The van der Waals surface area contributed by atoms with Crippen molar-refractivity contribution in [2.75, 3.05) is 0 Å². The van der Waals surface area contributed by atoms with Crippen LogP contribution in [-0.4, -0.2) is 0 Å². The summed E-state index contributed by atoms with van der Waals surface area (Å²) in [5.41, 5.74) is 0. The molecule has 0 spiro atoms. The van der Waals surface area contributed by atoms with Gasteiger partial charge in [0.15, 0.2) is 0 Å². The topological polar surface area (TPSA) is 0 Å². The van der Waals surface area contributed by atoms with Gasteiger partial charge in [0.2, 0.25) is 0 Å². The molecular weight excluding hydrogens is 577 g/mol. The Kier molecular flexibility index (Phi) is 3.13. The van der Waals surface area contributed by atoms with Crippen LogP contribution in [0.15, 0.2) is 121 Å². The highest BCUT2D eigenvalue weighted by molar-refractivity contribution is 6.58. The first kappa shape index (κ1) is 22.3. The third-order valence-electron chi connectivity index (χ3n) is 12.8. The van der Waals surface area contributed by atoms with Gasteiger partial charge in [-0.2, -0.15) is 0 Å². The van der Waals surface area contributed by atoms with E-state index in [-0.39, 0.29) is 0 Å². The summed E-state index contributed by atoms with van der Waals surface area (Å²) < 4.78 is 0. The van der Waals surface area contributed by atoms with Gasteiger partial charge >= 0.3 is 0 Å². The molecule has 0 aliphatic carbocycles. The first-order valence-electron chi connectivity index (χ1n) is 17.1. The number of rotatable bonds is 0. The van der Waals surface area contributed by atoms with Crippen LogP contribution in [-0.2, 0) is 0 Å². The molecule has 0 aliphatic heterocycles. The lowest BCUT2D eigenvalue weighted by Crippen LogP contribution is -1.99. The number of hydrogen-bond acceptors (Lipinski definition) is 0. The summed E-state index contributed by atoms with van der Waals surface area (Å²) in [6, 6.07) is 47.5. The maximum atomic E-state index is 2.53. The number of fused-ring (bicyclic) bond motifs is 4. The van der Waals surface area contributed by atoms with Gasteiger partial charge in [-0.05, 0) is 163 Å². The lowest BCUT2D eigenvalue weighted by molar-refractivity contribution is 1.81. The molecule has 15 aromatic rings. The fourth-order valence-electron chi connectivity index (χ4n) is 11.2. The third kappa shape index (κ3) is 2.02. The van der Waals surface area contributed by atoms with E-state index in [9.17, 15) is 0 Å². The van der Waals surface area contributed by atoms with E-state index < -0.39 is 0 Å². The van der Waals surface area contributed by atoms with Crippen LogP contribution in [0.25, 0.3) is 151 Å². The van der Waals surface area contributed by atoms with Crippen LogP contribution in [0.2, 0.25) is 0 Å². The second-order valence-electron chi connectivity index (χ2n) is 14.6. The Morgan fingerprint density at radius 3 is 0.917 bits per heavy atom. The Bertz CT molecular complexity index is 3620. The predicted molar refractivity (Wildman–Crippen MR) is 210 cm³/mol. The summed E-state index contributed by atoms with van der Waals surface area (Å²) in [6.07, 6.45) is 0. The fourth-order valence-corrected chi connectivity index (χ4v) is 11.2. The predicted octanol–water partition coefficient (Wildman–Crippen LogP) is 13.9. The Morgan fingerprint density at radius 2 is 0.458 bits per heavy atom. The quantitative estimate of drug-likeness (QED) is 0.121. The molecule has 0 heteroatoms. The maximum absolute atomic E-state index is 2.53. The van der Waals surface area contributed by atoms with Crippen molar-refractivity contribution in [2.45, 2.75) is 0 Å². The van der Waals surface area contributed by atoms with Gasteiger partial charge in [-0.25, -0.2) is 0 Å². The molecule has 0 heterocycles. The van der Waals surface area contributed by atoms with Crippen LogP contribution in [0.3, 0.4) is 0 Å². The average Bonchev–Trinajstić information content (AvgIpc) is 3.14. The lowest BCUT2D eigenvalue weighted by Gasteiger charge is -2.27. The van der Waals surface area contributed by atoms with E-state index in [1.165, 1.54) is 151 Å². The Balaban J connectivity index is 1.39. The molecule has 15 rings (SSSR count). The van der Waals surface area contributed by atoms with Crippen LogP contribution in [0.4, 0.5) is 0 Å². The summed E-state index contributed by atoms with van der Waals surface area (Å²) in [4.78, 5) is 0. The SMILES string of the molecule is c1cc2ccc3ccc4c5ccc6c7ccc8ccc9cccc%10c%11cc%12ccc%13cc%14c(c1)c2c3c4c%14c1c%13c%12c(c%11c7c8c9%10)c6c51. The first-order valence-corrected chi connectivity index (χ1v) is 17.1. The molecule has 0 aromatic heterocycles. The van der Waals surface area contributed by atoms with Crippen molar-refractivity contribution in [3.05, 3.63) is 121 Å². The highest BCUT2D eigenvalue weighted by Gasteiger charge is 2.29. The molecule has 0 fully saturated rings. The van der Waals surface area contributed by atoms with Crippen LogP contribution < -0.4 is 0 Å². The van der Waals surface area contributed by atoms with Crippen molar-refractivity contribution in [1.29, 1.82) is 0 Å². The van der Waals surface area contributed by atoms with Crippen molar-refractivity contribution < 1.29 is 0 Å². The van der Waals surface area contributed by atoms with Gasteiger partial charge in [0.25, 0.3) is 0 Å². The zero-order chi connectivity index (χ0) is 30.3. The minimum absolute atomic E-state index is 1.33. The Labute approximate surface area is 271 Å². The molecule has 212 valence electrons. The summed E-state index contributed by atoms with van der Waals surface area (Å²) in [5.74, 6) is 0. The monoisotopic (exact) mass is 596 g/mol. The van der Waals surface area contributed by atoms with Crippen LogP contribution in [0.1, 0.15) is 0 Å². The smallest absolute Gasteiger partial charge is 0.0000922 e. The molecule has 0 radical (unpaired) electrons. The van der Waals surface area contributed by atoms with Crippen LogP contribution >= 0.6 is 0 Å². The first-order chi connectivity index (χ1) is 23.8.